The molecule has 0 radical (unpaired) electrons. The standard InChI is InChI=1S/C17H30BN3O3.C11H19BN2O2.C6H12ClNO/c1-13-15(18-23-16(3,4)17(5,6)24-18)14(2)21(19-13)8-7-20-9-11-22-12-10-20;1-7-9(8(2)14-13-7)12-15-10(3,4)11(5,6)16-12;7-1-2-8-3-5-9-6-4-8/h7-12H2,1-6H3;1-6H3,(H,13,14);1-6H2. The van der Waals surface area contributed by atoms with Gasteiger partial charge in [0.05, 0.1) is 66.8 Å². The Morgan fingerprint density at radius 3 is 1.47 bits per heavy atom. The molecule has 0 saturated carbocycles. The predicted octanol–water partition coefficient (Wildman–Crippen LogP) is 3.01. The van der Waals surface area contributed by atoms with Crippen molar-refractivity contribution in [3.05, 3.63) is 22.8 Å². The fraction of sp³-hybridized carbons (Fsp3) is 0.824. The normalized spacial score (nSPS) is 23.2. The SMILES string of the molecule is Cc1n[nH]c(C)c1B1OC(C)(C)C(C)(C)O1.Cc1nn(CCN2CCOCC2)c(C)c1B1OC(C)(C)C(C)(C)O1.ClCCN1CCOCC1. The van der Waals surface area contributed by atoms with Crippen LogP contribution in [0.4, 0.5) is 0 Å². The number of hydrogen-bond donors (Lipinski definition) is 1. The Hall–Kier alpha value is -1.48. The third-order valence-corrected chi connectivity index (χ3v) is 11.0. The van der Waals surface area contributed by atoms with Gasteiger partial charge in [-0.15, -0.1) is 11.6 Å². The minimum Gasteiger partial charge on any atom is -0.399 e. The molecule has 4 fully saturated rings. The van der Waals surface area contributed by atoms with E-state index in [1.807, 2.05) is 20.8 Å². The van der Waals surface area contributed by atoms with Gasteiger partial charge < -0.3 is 28.1 Å². The highest BCUT2D eigenvalue weighted by molar-refractivity contribution is 6.63. The molecule has 0 aliphatic carbocycles. The van der Waals surface area contributed by atoms with E-state index in [-0.39, 0.29) is 36.6 Å². The average Bonchev–Trinajstić information content (AvgIpc) is 3.65. The van der Waals surface area contributed by atoms with Crippen LogP contribution in [0.15, 0.2) is 0 Å². The summed E-state index contributed by atoms with van der Waals surface area (Å²) in [5.74, 6) is 0.736. The van der Waals surface area contributed by atoms with Crippen LogP contribution in [0.25, 0.3) is 0 Å². The second-order valence-electron chi connectivity index (χ2n) is 15.4. The van der Waals surface area contributed by atoms with Crippen molar-refractivity contribution in [3.8, 4) is 0 Å². The van der Waals surface area contributed by atoms with Gasteiger partial charge in [0.15, 0.2) is 0 Å². The summed E-state index contributed by atoms with van der Waals surface area (Å²) in [7, 11) is -0.657. The Morgan fingerprint density at radius 2 is 1.06 bits per heavy atom. The molecule has 4 saturated heterocycles. The van der Waals surface area contributed by atoms with E-state index in [1.54, 1.807) is 0 Å². The molecule has 0 aromatic carbocycles. The molecule has 0 atom stereocenters. The number of halogens is 1. The Labute approximate surface area is 300 Å². The van der Waals surface area contributed by atoms with E-state index in [0.717, 1.165) is 112 Å². The lowest BCUT2D eigenvalue weighted by Gasteiger charge is -2.32. The number of aryl methyl sites for hydroxylation is 3. The lowest BCUT2D eigenvalue weighted by Crippen LogP contribution is -2.41. The van der Waals surface area contributed by atoms with Gasteiger partial charge >= 0.3 is 14.2 Å². The van der Waals surface area contributed by atoms with Crippen LogP contribution in [0.3, 0.4) is 0 Å². The lowest BCUT2D eigenvalue weighted by atomic mass is 9.77. The molecule has 0 amide bonds. The Morgan fingerprint density at radius 1 is 0.633 bits per heavy atom. The van der Waals surface area contributed by atoms with Crippen molar-refractivity contribution in [1.29, 1.82) is 0 Å². The van der Waals surface area contributed by atoms with Crippen LogP contribution in [0, 0.1) is 27.7 Å². The number of morpholine rings is 2. The molecule has 0 bridgehead atoms. The highest BCUT2D eigenvalue weighted by Gasteiger charge is 2.54. The van der Waals surface area contributed by atoms with Gasteiger partial charge in [-0.05, 0) is 83.1 Å². The van der Waals surface area contributed by atoms with Crippen molar-refractivity contribution in [2.24, 2.45) is 0 Å². The molecule has 0 unspecified atom stereocenters. The molecule has 2 aromatic rings. The van der Waals surface area contributed by atoms with Gasteiger partial charge in [0.25, 0.3) is 0 Å². The Kier molecular flexibility index (Phi) is 13.5. The molecule has 4 aliphatic heterocycles. The first-order valence-electron chi connectivity index (χ1n) is 17.8. The van der Waals surface area contributed by atoms with Gasteiger partial charge in [-0.3, -0.25) is 19.6 Å². The zero-order chi connectivity index (χ0) is 36.2. The number of nitrogens with one attached hydrogen (secondary N) is 1. The summed E-state index contributed by atoms with van der Waals surface area (Å²) in [5.41, 5.74) is 4.94. The number of nitrogens with zero attached hydrogens (tertiary/aromatic N) is 5. The molecule has 276 valence electrons. The molecular formula is C34H61B2ClN6O6. The number of hydrogen-bond acceptors (Lipinski definition) is 10. The quantitative estimate of drug-likeness (QED) is 0.341. The molecule has 2 aromatic heterocycles. The molecule has 0 spiro atoms. The monoisotopic (exact) mass is 706 g/mol. The Bertz CT molecular complexity index is 1300. The van der Waals surface area contributed by atoms with Crippen LogP contribution in [-0.4, -0.2) is 138 Å². The molecule has 12 nitrogen and oxygen atoms in total. The molecule has 49 heavy (non-hydrogen) atoms. The number of alkyl halides is 1. The summed E-state index contributed by atoms with van der Waals surface area (Å²) in [5, 5.41) is 11.9. The third-order valence-electron chi connectivity index (χ3n) is 10.8. The number of aromatic nitrogens is 4. The second kappa shape index (κ2) is 16.5. The van der Waals surface area contributed by atoms with Crippen molar-refractivity contribution in [3.63, 3.8) is 0 Å². The van der Waals surface area contributed by atoms with Crippen molar-refractivity contribution >= 4 is 36.8 Å². The second-order valence-corrected chi connectivity index (χ2v) is 15.8. The zero-order valence-corrected chi connectivity index (χ0v) is 33.0. The number of ether oxygens (including phenoxy) is 2. The van der Waals surface area contributed by atoms with E-state index in [0.29, 0.717) is 0 Å². The first kappa shape index (κ1) is 40.3. The topological polar surface area (TPSA) is 108 Å². The predicted molar refractivity (Wildman–Crippen MR) is 196 cm³/mol. The zero-order valence-electron chi connectivity index (χ0n) is 32.2. The van der Waals surface area contributed by atoms with E-state index in [2.05, 4.69) is 87.0 Å². The molecule has 1 N–H and O–H groups in total. The maximum atomic E-state index is 6.22. The van der Waals surface area contributed by atoms with E-state index in [4.69, 9.17) is 44.8 Å². The van der Waals surface area contributed by atoms with E-state index < -0.39 is 0 Å². The van der Waals surface area contributed by atoms with Gasteiger partial charge in [0, 0.05) is 67.5 Å². The fourth-order valence-electron chi connectivity index (χ4n) is 6.10. The van der Waals surface area contributed by atoms with Crippen molar-refractivity contribution in [2.45, 2.75) is 112 Å². The first-order chi connectivity index (χ1) is 22.9. The number of H-pyrrole nitrogens is 1. The minimum atomic E-state index is -0.341. The molecule has 4 aliphatic rings. The molecule has 15 heteroatoms. The number of rotatable bonds is 7. The summed E-state index contributed by atoms with van der Waals surface area (Å²) in [6, 6.07) is 0. The van der Waals surface area contributed by atoms with Gasteiger partial charge in [-0.25, -0.2) is 0 Å². The van der Waals surface area contributed by atoms with Crippen LogP contribution in [-0.2, 0) is 34.6 Å². The first-order valence-corrected chi connectivity index (χ1v) is 18.4. The third kappa shape index (κ3) is 9.70. The maximum absolute atomic E-state index is 6.22. The molecule has 6 rings (SSSR count). The highest BCUT2D eigenvalue weighted by Crippen LogP contribution is 2.38. The van der Waals surface area contributed by atoms with Crippen molar-refractivity contribution in [2.75, 3.05) is 71.6 Å². The van der Waals surface area contributed by atoms with E-state index in [9.17, 15) is 0 Å². The number of aromatic amines is 1. The Balaban J connectivity index is 0.000000185. The van der Waals surface area contributed by atoms with E-state index >= 15 is 0 Å². The largest absolute Gasteiger partial charge is 0.498 e. The smallest absolute Gasteiger partial charge is 0.399 e. The van der Waals surface area contributed by atoms with Crippen molar-refractivity contribution < 1.29 is 28.1 Å². The van der Waals surface area contributed by atoms with Crippen LogP contribution in [0.2, 0.25) is 0 Å². The van der Waals surface area contributed by atoms with Gasteiger partial charge in [-0.2, -0.15) is 10.2 Å². The fourth-order valence-corrected chi connectivity index (χ4v) is 6.34. The summed E-state index contributed by atoms with van der Waals surface area (Å²) in [6.07, 6.45) is 0. The van der Waals surface area contributed by atoms with Gasteiger partial charge in [-0.1, -0.05) is 0 Å². The van der Waals surface area contributed by atoms with Crippen LogP contribution >= 0.6 is 11.6 Å². The van der Waals surface area contributed by atoms with Crippen LogP contribution in [0.5, 0.6) is 0 Å². The summed E-state index contributed by atoms with van der Waals surface area (Å²) >= 11 is 5.55. The highest BCUT2D eigenvalue weighted by atomic mass is 35.5. The van der Waals surface area contributed by atoms with Crippen molar-refractivity contribution in [1.82, 2.24) is 29.8 Å². The lowest BCUT2D eigenvalue weighted by molar-refractivity contribution is 0.00578. The van der Waals surface area contributed by atoms with Crippen LogP contribution < -0.4 is 10.9 Å². The summed E-state index contributed by atoms with van der Waals surface area (Å²) in [6.45, 7) is 35.0. The van der Waals surface area contributed by atoms with E-state index in [1.165, 1.54) is 0 Å². The van der Waals surface area contributed by atoms with Crippen LogP contribution in [0.1, 0.15) is 78.2 Å². The van der Waals surface area contributed by atoms with Gasteiger partial charge in [0.1, 0.15) is 0 Å². The molecule has 6 heterocycles. The average molecular weight is 707 g/mol. The maximum Gasteiger partial charge on any atom is 0.498 e. The summed E-state index contributed by atoms with van der Waals surface area (Å²) in [4.78, 5) is 4.74. The minimum absolute atomic E-state index is 0.298. The van der Waals surface area contributed by atoms with Gasteiger partial charge in [0.2, 0.25) is 0 Å². The molecular weight excluding hydrogens is 645 g/mol. The summed E-state index contributed by atoms with van der Waals surface area (Å²) < 4.78 is 37.1.